The van der Waals surface area contributed by atoms with Gasteiger partial charge in [0, 0.05) is 43.2 Å². The van der Waals surface area contributed by atoms with E-state index in [0.717, 1.165) is 54.0 Å². The lowest BCUT2D eigenvalue weighted by atomic mass is 9.91. The molecule has 30 heavy (non-hydrogen) atoms. The highest BCUT2D eigenvalue weighted by molar-refractivity contribution is 5.85. The maximum atomic E-state index is 12.9. The summed E-state index contributed by atoms with van der Waals surface area (Å²) in [5, 5.41) is 5.83. The number of amides is 1. The normalized spacial score (nSPS) is 14.4. The first-order chi connectivity index (χ1) is 14.1. The molecule has 1 aromatic carbocycles. The maximum absolute atomic E-state index is 12.9. The quantitative estimate of drug-likeness (QED) is 0.620. The van der Waals surface area contributed by atoms with Gasteiger partial charge in [0.15, 0.2) is 5.65 Å². The van der Waals surface area contributed by atoms with Crippen molar-refractivity contribution in [3.63, 3.8) is 0 Å². The summed E-state index contributed by atoms with van der Waals surface area (Å²) in [5.74, 6) is 1.89. The van der Waals surface area contributed by atoms with Gasteiger partial charge in [-0.05, 0) is 43.2 Å². The second kappa shape index (κ2) is 9.34. The van der Waals surface area contributed by atoms with Crippen molar-refractivity contribution in [2.75, 3.05) is 27.3 Å². The van der Waals surface area contributed by atoms with Crippen molar-refractivity contribution in [2.24, 2.45) is 7.05 Å². The van der Waals surface area contributed by atoms with Crippen LogP contribution in [0.1, 0.15) is 30.0 Å². The van der Waals surface area contributed by atoms with E-state index in [0.29, 0.717) is 18.1 Å². The molecule has 0 bridgehead atoms. The lowest BCUT2D eigenvalue weighted by Crippen LogP contribution is -2.39. The van der Waals surface area contributed by atoms with Crippen LogP contribution in [0.25, 0.3) is 11.0 Å². The number of hydrogen-bond donors (Lipinski definition) is 0. The topological polar surface area (TPSA) is 69.5 Å². The van der Waals surface area contributed by atoms with E-state index in [2.05, 4.69) is 11.1 Å². The van der Waals surface area contributed by atoms with E-state index in [9.17, 15) is 4.79 Å². The summed E-state index contributed by atoms with van der Waals surface area (Å²) < 4.78 is 12.5. The Bertz CT molecular complexity index is 1030. The number of hydrogen-bond acceptors (Lipinski definition) is 5. The van der Waals surface area contributed by atoms with Crippen molar-refractivity contribution in [3.05, 3.63) is 47.8 Å². The van der Waals surface area contributed by atoms with Crippen molar-refractivity contribution in [1.29, 1.82) is 0 Å². The van der Waals surface area contributed by atoms with Crippen molar-refractivity contribution < 1.29 is 14.3 Å². The second-order valence-corrected chi connectivity index (χ2v) is 7.39. The van der Waals surface area contributed by atoms with E-state index in [-0.39, 0.29) is 18.3 Å². The minimum Gasteiger partial charge on any atom is -0.497 e. The van der Waals surface area contributed by atoms with Crippen molar-refractivity contribution in [1.82, 2.24) is 19.7 Å². The molecule has 0 N–H and O–H groups in total. The number of ether oxygens (including phenoxy) is 2. The number of pyridine rings is 1. The molecule has 160 valence electrons. The maximum Gasteiger partial charge on any atom is 0.227 e. The van der Waals surface area contributed by atoms with Crippen LogP contribution in [0.5, 0.6) is 11.5 Å². The molecular formula is C22H27ClN4O3. The fourth-order valence-electron chi connectivity index (χ4n) is 4.12. The average molecular weight is 431 g/mol. The lowest BCUT2D eigenvalue weighted by Gasteiger charge is -2.31. The van der Waals surface area contributed by atoms with E-state index in [1.54, 1.807) is 20.4 Å². The summed E-state index contributed by atoms with van der Waals surface area (Å²) in [6.45, 7) is 1.46. The van der Waals surface area contributed by atoms with Gasteiger partial charge in [-0.2, -0.15) is 5.10 Å². The Balaban J connectivity index is 0.00000256. The fourth-order valence-corrected chi connectivity index (χ4v) is 4.12. The second-order valence-electron chi connectivity index (χ2n) is 7.39. The largest absolute Gasteiger partial charge is 0.497 e. The van der Waals surface area contributed by atoms with E-state index < -0.39 is 0 Å². The molecule has 1 amide bonds. The Kier molecular flexibility index (Phi) is 6.82. The zero-order valence-corrected chi connectivity index (χ0v) is 18.3. The fraction of sp³-hybridized carbons (Fsp3) is 0.409. The van der Waals surface area contributed by atoms with E-state index in [1.165, 1.54) is 0 Å². The lowest BCUT2D eigenvalue weighted by molar-refractivity contribution is -0.131. The molecule has 1 saturated heterocycles. The van der Waals surface area contributed by atoms with Gasteiger partial charge in [0.05, 0.1) is 26.3 Å². The van der Waals surface area contributed by atoms with Gasteiger partial charge in [-0.25, -0.2) is 4.98 Å². The van der Waals surface area contributed by atoms with Gasteiger partial charge < -0.3 is 14.4 Å². The van der Waals surface area contributed by atoms with Crippen LogP contribution in [0.4, 0.5) is 0 Å². The Morgan fingerprint density at radius 3 is 2.63 bits per heavy atom. The van der Waals surface area contributed by atoms with Crippen LogP contribution in [0.2, 0.25) is 0 Å². The summed E-state index contributed by atoms with van der Waals surface area (Å²) in [6, 6.07) is 9.58. The highest BCUT2D eigenvalue weighted by atomic mass is 35.5. The van der Waals surface area contributed by atoms with Crippen molar-refractivity contribution in [3.8, 4) is 11.5 Å². The zero-order chi connectivity index (χ0) is 20.4. The Morgan fingerprint density at radius 2 is 1.93 bits per heavy atom. The number of rotatable bonds is 5. The standard InChI is InChI=1S/C22H26N4O3.ClH/c1-25-22-18(5-4-10-23-22)21(24-25)15-8-11-26(12-9-15)20(27)14-16-13-17(28-2)6-7-19(16)29-3;/h4-7,10,13,15H,8-9,11-12,14H2,1-3H3;1H. The first-order valence-corrected chi connectivity index (χ1v) is 9.87. The zero-order valence-electron chi connectivity index (χ0n) is 17.5. The van der Waals surface area contributed by atoms with Crippen molar-refractivity contribution >= 4 is 29.3 Å². The number of halogens is 1. The van der Waals surface area contributed by atoms with Crippen LogP contribution in [0.3, 0.4) is 0 Å². The molecule has 7 nitrogen and oxygen atoms in total. The number of fused-ring (bicyclic) bond motifs is 1. The van der Waals surface area contributed by atoms with Crippen LogP contribution in [0, 0.1) is 0 Å². The number of likely N-dealkylation sites (tertiary alicyclic amines) is 1. The minimum absolute atomic E-state index is 0. The van der Waals surface area contributed by atoms with Crippen LogP contribution >= 0.6 is 12.4 Å². The number of piperidine rings is 1. The molecule has 2 aromatic heterocycles. The summed E-state index contributed by atoms with van der Waals surface area (Å²) in [5.41, 5.74) is 2.85. The highest BCUT2D eigenvalue weighted by Crippen LogP contribution is 2.32. The molecule has 0 spiro atoms. The summed E-state index contributed by atoms with van der Waals surface area (Å²) in [7, 11) is 5.17. The number of nitrogens with zero attached hydrogens (tertiary/aromatic N) is 4. The first-order valence-electron chi connectivity index (χ1n) is 9.87. The van der Waals surface area contributed by atoms with Gasteiger partial charge in [-0.3, -0.25) is 9.48 Å². The van der Waals surface area contributed by atoms with E-state index >= 15 is 0 Å². The third kappa shape index (κ3) is 4.21. The number of aromatic nitrogens is 3. The van der Waals surface area contributed by atoms with Gasteiger partial charge in [0.1, 0.15) is 11.5 Å². The first kappa shape index (κ1) is 21.9. The molecule has 0 aliphatic carbocycles. The third-order valence-corrected chi connectivity index (χ3v) is 5.69. The average Bonchev–Trinajstić information content (AvgIpc) is 3.10. The number of methoxy groups -OCH3 is 2. The van der Waals surface area contributed by atoms with Gasteiger partial charge >= 0.3 is 0 Å². The number of benzene rings is 1. The van der Waals surface area contributed by atoms with E-state index in [1.807, 2.05) is 40.9 Å². The van der Waals surface area contributed by atoms with Crippen LogP contribution in [0.15, 0.2) is 36.5 Å². The molecular weight excluding hydrogens is 404 g/mol. The van der Waals surface area contributed by atoms with Crippen LogP contribution < -0.4 is 9.47 Å². The molecule has 1 fully saturated rings. The number of carbonyl (C=O) groups excluding carboxylic acids is 1. The number of carbonyl (C=O) groups is 1. The molecule has 8 heteroatoms. The number of aryl methyl sites for hydroxylation is 1. The molecule has 0 atom stereocenters. The molecule has 0 saturated carbocycles. The minimum atomic E-state index is 0. The van der Waals surface area contributed by atoms with Crippen molar-refractivity contribution in [2.45, 2.75) is 25.2 Å². The molecule has 4 rings (SSSR count). The summed E-state index contributed by atoms with van der Waals surface area (Å²) in [4.78, 5) is 19.3. The molecule has 1 aliphatic heterocycles. The molecule has 1 aliphatic rings. The van der Waals surface area contributed by atoms with E-state index in [4.69, 9.17) is 14.6 Å². The predicted molar refractivity (Wildman–Crippen MR) is 118 cm³/mol. The predicted octanol–water partition coefficient (Wildman–Crippen LogP) is 3.36. The Labute approximate surface area is 182 Å². The third-order valence-electron chi connectivity index (χ3n) is 5.69. The molecule has 0 unspecified atom stereocenters. The molecule has 3 heterocycles. The summed E-state index contributed by atoms with van der Waals surface area (Å²) >= 11 is 0. The molecule has 3 aromatic rings. The molecule has 0 radical (unpaired) electrons. The summed E-state index contributed by atoms with van der Waals surface area (Å²) in [6.07, 6.45) is 3.91. The Morgan fingerprint density at radius 1 is 1.17 bits per heavy atom. The van der Waals surface area contributed by atoms with Gasteiger partial charge in [0.2, 0.25) is 5.91 Å². The van der Waals surface area contributed by atoms with Crippen LogP contribution in [-0.2, 0) is 18.3 Å². The van der Waals surface area contributed by atoms with Gasteiger partial charge in [0.25, 0.3) is 0 Å². The highest BCUT2D eigenvalue weighted by Gasteiger charge is 2.27. The monoisotopic (exact) mass is 430 g/mol. The SMILES string of the molecule is COc1ccc(OC)c(CC(=O)N2CCC(c3nn(C)c4ncccc34)CC2)c1.Cl. The van der Waals surface area contributed by atoms with Crippen LogP contribution in [-0.4, -0.2) is 52.9 Å². The smallest absolute Gasteiger partial charge is 0.227 e. The van der Waals surface area contributed by atoms with Gasteiger partial charge in [-0.1, -0.05) is 0 Å². The Hall–Kier alpha value is -2.80. The van der Waals surface area contributed by atoms with Gasteiger partial charge in [-0.15, -0.1) is 12.4 Å².